The Morgan fingerprint density at radius 2 is 2.00 bits per heavy atom. The molecule has 1 saturated carbocycles. The van der Waals surface area contributed by atoms with E-state index in [1.807, 2.05) is 0 Å². The average molecular weight is 350 g/mol. The Labute approximate surface area is 132 Å². The van der Waals surface area contributed by atoms with Gasteiger partial charge in [-0.3, -0.25) is 0 Å². The van der Waals surface area contributed by atoms with E-state index in [-0.39, 0.29) is 22.8 Å². The van der Waals surface area contributed by atoms with Crippen molar-refractivity contribution in [2.24, 2.45) is 17.6 Å². The summed E-state index contributed by atoms with van der Waals surface area (Å²) in [6.45, 7) is -2.51. The molecule has 0 aromatic heterocycles. The van der Waals surface area contributed by atoms with Gasteiger partial charge in [0.1, 0.15) is 0 Å². The molecule has 9 heteroatoms. The third-order valence-corrected chi connectivity index (χ3v) is 6.46. The Kier molecular flexibility index (Phi) is 4.28. The summed E-state index contributed by atoms with van der Waals surface area (Å²) in [6.07, 6.45) is 1.77. The number of rotatable bonds is 4. The summed E-state index contributed by atoms with van der Waals surface area (Å²) in [7, 11) is -3.88. The van der Waals surface area contributed by atoms with Crippen LogP contribution in [0, 0.1) is 17.7 Å². The molecule has 1 heterocycles. The molecule has 2 N–H and O–H groups in total. The molecule has 1 aromatic rings. The van der Waals surface area contributed by atoms with Crippen molar-refractivity contribution in [2.75, 3.05) is 13.1 Å². The summed E-state index contributed by atoms with van der Waals surface area (Å²) in [5.74, 6) is -1.47. The largest absolute Gasteiger partial charge is 0.432 e. The Bertz CT molecular complexity index is 699. The maximum Gasteiger partial charge on any atom is 0.387 e. The molecule has 5 nitrogen and oxygen atoms in total. The van der Waals surface area contributed by atoms with Gasteiger partial charge in [0.05, 0.1) is 4.90 Å². The van der Waals surface area contributed by atoms with Crippen LogP contribution in [0.5, 0.6) is 5.75 Å². The van der Waals surface area contributed by atoms with Gasteiger partial charge in [-0.25, -0.2) is 12.8 Å². The smallest absolute Gasteiger partial charge is 0.387 e. The maximum atomic E-state index is 13.8. The molecule has 128 valence electrons. The second-order valence-electron chi connectivity index (χ2n) is 5.96. The number of sulfonamides is 1. The number of nitrogens with zero attached hydrogens (tertiary/aromatic N) is 1. The average Bonchev–Trinajstić information content (AvgIpc) is 3.04. The van der Waals surface area contributed by atoms with E-state index in [9.17, 15) is 21.6 Å². The number of halogens is 3. The molecule has 0 radical (unpaired) electrons. The quantitative estimate of drug-likeness (QED) is 0.899. The van der Waals surface area contributed by atoms with E-state index in [0.717, 1.165) is 25.0 Å². The van der Waals surface area contributed by atoms with E-state index in [2.05, 4.69) is 4.74 Å². The first kappa shape index (κ1) is 16.5. The van der Waals surface area contributed by atoms with Gasteiger partial charge in [-0.2, -0.15) is 13.1 Å². The number of fused-ring (bicyclic) bond motifs is 1. The number of ether oxygens (including phenoxy) is 1. The van der Waals surface area contributed by atoms with Gasteiger partial charge in [0.25, 0.3) is 0 Å². The number of nitrogens with two attached hydrogens (primary N) is 1. The highest BCUT2D eigenvalue weighted by molar-refractivity contribution is 7.89. The van der Waals surface area contributed by atoms with Crippen molar-refractivity contribution >= 4 is 10.0 Å². The van der Waals surface area contributed by atoms with Gasteiger partial charge >= 0.3 is 6.61 Å². The van der Waals surface area contributed by atoms with Crippen molar-refractivity contribution in [2.45, 2.75) is 30.4 Å². The van der Waals surface area contributed by atoms with Crippen LogP contribution in [0.3, 0.4) is 0 Å². The van der Waals surface area contributed by atoms with Gasteiger partial charge in [0, 0.05) is 19.1 Å². The summed E-state index contributed by atoms with van der Waals surface area (Å²) in [5.41, 5.74) is 5.99. The summed E-state index contributed by atoms with van der Waals surface area (Å²) < 4.78 is 68.5. The maximum absolute atomic E-state index is 13.8. The van der Waals surface area contributed by atoms with Gasteiger partial charge in [0.15, 0.2) is 11.6 Å². The Balaban J connectivity index is 1.82. The highest BCUT2D eigenvalue weighted by Gasteiger charge is 2.45. The lowest BCUT2D eigenvalue weighted by atomic mass is 9.98. The first-order chi connectivity index (χ1) is 10.8. The third kappa shape index (κ3) is 3.05. The Hall–Kier alpha value is -1.32. The molecule has 0 bridgehead atoms. The standard InChI is InChI=1S/C14H17F3N2O3S/c15-11-5-9(2-4-13(11)22-14(16)17)23(20,21)19-6-8-1-3-12(18)10(8)7-19/h2,4-5,8,10,12,14H,1,3,6-7,18H2. The van der Waals surface area contributed by atoms with Crippen LogP contribution in [0.25, 0.3) is 0 Å². The first-order valence-electron chi connectivity index (χ1n) is 7.29. The van der Waals surface area contributed by atoms with Crippen LogP contribution in [0.15, 0.2) is 23.1 Å². The second-order valence-corrected chi connectivity index (χ2v) is 7.90. The van der Waals surface area contributed by atoms with E-state index in [0.29, 0.717) is 19.2 Å². The summed E-state index contributed by atoms with van der Waals surface area (Å²) in [4.78, 5) is -0.273. The van der Waals surface area contributed by atoms with E-state index >= 15 is 0 Å². The molecule has 3 atom stereocenters. The minimum atomic E-state index is -3.88. The zero-order valence-corrected chi connectivity index (χ0v) is 13.0. The Morgan fingerprint density at radius 3 is 2.61 bits per heavy atom. The molecule has 0 amide bonds. The highest BCUT2D eigenvalue weighted by atomic mass is 32.2. The predicted molar refractivity (Wildman–Crippen MR) is 76.0 cm³/mol. The van der Waals surface area contributed by atoms with Crippen molar-refractivity contribution in [1.82, 2.24) is 4.31 Å². The highest BCUT2D eigenvalue weighted by Crippen LogP contribution is 2.39. The fraction of sp³-hybridized carbons (Fsp3) is 0.571. The van der Waals surface area contributed by atoms with Crippen LogP contribution in [0.4, 0.5) is 13.2 Å². The third-order valence-electron chi connectivity index (χ3n) is 4.64. The van der Waals surface area contributed by atoms with Crippen LogP contribution in [-0.2, 0) is 10.0 Å². The molecule has 23 heavy (non-hydrogen) atoms. The zero-order chi connectivity index (χ0) is 16.8. The molecular weight excluding hydrogens is 333 g/mol. The fourth-order valence-electron chi connectivity index (χ4n) is 3.45. The summed E-state index contributed by atoms with van der Waals surface area (Å²) in [6, 6.07) is 2.67. The predicted octanol–water partition coefficient (Wildman–Crippen LogP) is 1.78. The second kappa shape index (κ2) is 5.95. The fourth-order valence-corrected chi connectivity index (χ4v) is 4.99. The van der Waals surface area contributed by atoms with Crippen LogP contribution in [-0.4, -0.2) is 38.5 Å². The SMILES string of the molecule is NC1CCC2CN(S(=O)(=O)c3ccc(OC(F)F)c(F)c3)CC12. The van der Waals surface area contributed by atoms with Crippen LogP contribution >= 0.6 is 0 Å². The lowest BCUT2D eigenvalue weighted by Gasteiger charge is -2.19. The number of hydrogen-bond donors (Lipinski definition) is 1. The molecule has 3 rings (SSSR count). The lowest BCUT2D eigenvalue weighted by Crippen LogP contribution is -2.33. The van der Waals surface area contributed by atoms with E-state index in [1.54, 1.807) is 0 Å². The summed E-state index contributed by atoms with van der Waals surface area (Å²) >= 11 is 0. The van der Waals surface area contributed by atoms with E-state index < -0.39 is 28.2 Å². The van der Waals surface area contributed by atoms with Crippen LogP contribution in [0.1, 0.15) is 12.8 Å². The normalized spacial score (nSPS) is 28.3. The van der Waals surface area contributed by atoms with Gasteiger partial charge in [-0.1, -0.05) is 0 Å². The zero-order valence-electron chi connectivity index (χ0n) is 12.2. The van der Waals surface area contributed by atoms with Crippen molar-refractivity contribution in [3.05, 3.63) is 24.0 Å². The van der Waals surface area contributed by atoms with Crippen molar-refractivity contribution < 1.29 is 26.3 Å². The minimum Gasteiger partial charge on any atom is -0.432 e. The lowest BCUT2D eigenvalue weighted by molar-refractivity contribution is -0.0522. The van der Waals surface area contributed by atoms with Crippen molar-refractivity contribution in [3.63, 3.8) is 0 Å². The first-order valence-corrected chi connectivity index (χ1v) is 8.73. The molecule has 1 aliphatic carbocycles. The van der Waals surface area contributed by atoms with Gasteiger partial charge in [-0.05, 0) is 42.9 Å². The van der Waals surface area contributed by atoms with Gasteiger partial charge in [-0.15, -0.1) is 0 Å². The van der Waals surface area contributed by atoms with Crippen LogP contribution < -0.4 is 10.5 Å². The minimum absolute atomic E-state index is 0.0150. The molecule has 2 aliphatic rings. The number of benzene rings is 1. The van der Waals surface area contributed by atoms with Gasteiger partial charge < -0.3 is 10.5 Å². The van der Waals surface area contributed by atoms with E-state index in [4.69, 9.17) is 5.73 Å². The van der Waals surface area contributed by atoms with Crippen molar-refractivity contribution in [1.29, 1.82) is 0 Å². The molecule has 1 aliphatic heterocycles. The van der Waals surface area contributed by atoms with Crippen molar-refractivity contribution in [3.8, 4) is 5.75 Å². The monoisotopic (exact) mass is 350 g/mol. The number of alkyl halides is 2. The Morgan fingerprint density at radius 1 is 1.26 bits per heavy atom. The topological polar surface area (TPSA) is 72.6 Å². The van der Waals surface area contributed by atoms with Gasteiger partial charge in [0.2, 0.25) is 10.0 Å². The molecule has 0 spiro atoms. The molecule has 2 fully saturated rings. The molecule has 1 aromatic carbocycles. The van der Waals surface area contributed by atoms with Crippen LogP contribution in [0.2, 0.25) is 0 Å². The van der Waals surface area contributed by atoms with E-state index in [1.165, 1.54) is 4.31 Å². The number of hydrogen-bond acceptors (Lipinski definition) is 4. The summed E-state index contributed by atoms with van der Waals surface area (Å²) in [5, 5.41) is 0. The molecule has 1 saturated heterocycles. The molecular formula is C14H17F3N2O3S. The molecule has 3 unspecified atom stereocenters.